The molecule has 6 nitrogen and oxygen atoms in total. The first kappa shape index (κ1) is 18.5. The summed E-state index contributed by atoms with van der Waals surface area (Å²) < 4.78 is 11.4. The van der Waals surface area contributed by atoms with Crippen molar-refractivity contribution in [3.8, 4) is 5.75 Å². The number of aromatic amines is 1. The van der Waals surface area contributed by atoms with Crippen LogP contribution in [0.25, 0.3) is 10.9 Å². The van der Waals surface area contributed by atoms with E-state index >= 15 is 0 Å². The van der Waals surface area contributed by atoms with Gasteiger partial charge >= 0.3 is 0 Å². The van der Waals surface area contributed by atoms with Crippen molar-refractivity contribution >= 4 is 22.6 Å². The number of nitrogens with one attached hydrogen (secondary N) is 2. The van der Waals surface area contributed by atoms with E-state index in [0.29, 0.717) is 18.3 Å². The molecule has 1 aromatic heterocycles. The monoisotopic (exact) mass is 379 g/mol. The van der Waals surface area contributed by atoms with Gasteiger partial charge in [0.2, 0.25) is 0 Å². The number of aromatic nitrogens is 2. The highest BCUT2D eigenvalue weighted by Crippen LogP contribution is 2.28. The molecule has 146 valence electrons. The molecule has 1 heterocycles. The van der Waals surface area contributed by atoms with Crippen LogP contribution in [0.2, 0.25) is 0 Å². The predicted molar refractivity (Wildman–Crippen MR) is 108 cm³/mol. The molecule has 2 aromatic carbocycles. The number of carbonyl (C=O) groups excluding carboxylic acids is 1. The van der Waals surface area contributed by atoms with Crippen molar-refractivity contribution < 1.29 is 14.3 Å². The van der Waals surface area contributed by atoms with Crippen LogP contribution in [0.3, 0.4) is 0 Å². The lowest BCUT2D eigenvalue weighted by Gasteiger charge is -2.11. The van der Waals surface area contributed by atoms with Gasteiger partial charge in [-0.15, -0.1) is 0 Å². The minimum Gasteiger partial charge on any atom is -0.493 e. The molecule has 1 fully saturated rings. The number of nitrogens with zero attached hydrogens (tertiary/aromatic N) is 1. The molecule has 1 saturated carbocycles. The van der Waals surface area contributed by atoms with Crippen LogP contribution in [0, 0.1) is 5.92 Å². The van der Waals surface area contributed by atoms with Gasteiger partial charge < -0.3 is 14.8 Å². The maximum Gasteiger partial charge on any atom is 0.251 e. The molecule has 6 heteroatoms. The number of fused-ring (bicyclic) bond motifs is 1. The van der Waals surface area contributed by atoms with Crippen LogP contribution in [0.4, 0.5) is 5.82 Å². The summed E-state index contributed by atoms with van der Waals surface area (Å²) in [5.41, 5.74) is 1.87. The number of benzene rings is 2. The lowest BCUT2D eigenvalue weighted by Crippen LogP contribution is -2.18. The average Bonchev–Trinajstić information content (AvgIpc) is 3.37. The molecule has 4 rings (SSSR count). The largest absolute Gasteiger partial charge is 0.493 e. The molecule has 3 aromatic rings. The molecule has 28 heavy (non-hydrogen) atoms. The lowest BCUT2D eigenvalue weighted by atomic mass is 10.1. The molecule has 2 N–H and O–H groups in total. The smallest absolute Gasteiger partial charge is 0.251 e. The number of hydrogen-bond acceptors (Lipinski definition) is 4. The minimum atomic E-state index is -0.231. The van der Waals surface area contributed by atoms with Gasteiger partial charge in [-0.25, -0.2) is 0 Å². The van der Waals surface area contributed by atoms with Crippen molar-refractivity contribution in [2.75, 3.05) is 18.5 Å². The summed E-state index contributed by atoms with van der Waals surface area (Å²) in [7, 11) is 0. The van der Waals surface area contributed by atoms with Crippen molar-refractivity contribution in [2.24, 2.45) is 5.92 Å². The van der Waals surface area contributed by atoms with Gasteiger partial charge in [0.1, 0.15) is 12.4 Å². The fourth-order valence-corrected chi connectivity index (χ4v) is 3.58. The number of carbonyl (C=O) groups is 1. The Labute approximate surface area is 164 Å². The fourth-order valence-electron chi connectivity index (χ4n) is 3.58. The Balaban J connectivity index is 1.30. The third-order valence-corrected chi connectivity index (χ3v) is 5.10. The van der Waals surface area contributed by atoms with Crippen molar-refractivity contribution in [3.05, 3.63) is 54.1 Å². The van der Waals surface area contributed by atoms with E-state index in [2.05, 4.69) is 15.5 Å². The molecular formula is C22H25N3O3. The maximum absolute atomic E-state index is 12.1. The zero-order valence-corrected chi connectivity index (χ0v) is 15.8. The summed E-state index contributed by atoms with van der Waals surface area (Å²) in [5.74, 6) is 1.77. The average molecular weight is 379 g/mol. The summed E-state index contributed by atoms with van der Waals surface area (Å²) in [6.07, 6.45) is 5.14. The zero-order valence-electron chi connectivity index (χ0n) is 15.8. The molecule has 0 aliphatic heterocycles. The summed E-state index contributed by atoms with van der Waals surface area (Å²) in [4.78, 5) is 12.1. The SMILES string of the molecule is O=C(COCc1ccccc1)Nc1n[nH]c2cc(OCC3CCCC3)ccc12. The minimum absolute atomic E-state index is 0.0220. The highest BCUT2D eigenvalue weighted by atomic mass is 16.5. The Morgan fingerprint density at radius 1 is 1.14 bits per heavy atom. The van der Waals surface area contributed by atoms with Crippen LogP contribution in [0.15, 0.2) is 48.5 Å². The molecule has 1 aliphatic carbocycles. The van der Waals surface area contributed by atoms with Gasteiger partial charge in [-0.1, -0.05) is 43.2 Å². The van der Waals surface area contributed by atoms with Crippen LogP contribution in [0.1, 0.15) is 31.2 Å². The Bertz CT molecular complexity index is 917. The van der Waals surface area contributed by atoms with Crippen LogP contribution in [-0.4, -0.2) is 29.3 Å². The van der Waals surface area contributed by atoms with Crippen LogP contribution in [0.5, 0.6) is 5.75 Å². The summed E-state index contributed by atoms with van der Waals surface area (Å²) in [6.45, 7) is 1.14. The van der Waals surface area contributed by atoms with Gasteiger partial charge in [0.15, 0.2) is 5.82 Å². The number of H-pyrrole nitrogens is 1. The number of hydrogen-bond donors (Lipinski definition) is 2. The van der Waals surface area contributed by atoms with Gasteiger partial charge in [-0.3, -0.25) is 9.89 Å². The molecule has 1 aliphatic rings. The molecule has 0 unspecified atom stereocenters. The van der Waals surface area contributed by atoms with E-state index in [1.54, 1.807) is 0 Å². The van der Waals surface area contributed by atoms with Crippen molar-refractivity contribution in [1.82, 2.24) is 10.2 Å². The lowest BCUT2D eigenvalue weighted by molar-refractivity contribution is -0.121. The van der Waals surface area contributed by atoms with Gasteiger partial charge in [-0.2, -0.15) is 5.10 Å². The van der Waals surface area contributed by atoms with E-state index in [4.69, 9.17) is 9.47 Å². The Morgan fingerprint density at radius 2 is 1.96 bits per heavy atom. The fraction of sp³-hybridized carbons (Fsp3) is 0.364. The quantitative estimate of drug-likeness (QED) is 0.612. The molecule has 0 atom stereocenters. The molecule has 0 saturated heterocycles. The van der Waals surface area contributed by atoms with Crippen LogP contribution in [-0.2, 0) is 16.1 Å². The highest BCUT2D eigenvalue weighted by Gasteiger charge is 2.16. The molecular weight excluding hydrogens is 354 g/mol. The second-order valence-corrected chi connectivity index (χ2v) is 7.27. The van der Waals surface area contributed by atoms with Gasteiger partial charge in [-0.05, 0) is 36.5 Å². The summed E-state index contributed by atoms with van der Waals surface area (Å²) in [6, 6.07) is 15.5. The topological polar surface area (TPSA) is 76.2 Å². The number of anilines is 1. The van der Waals surface area contributed by atoms with E-state index in [-0.39, 0.29) is 12.5 Å². The predicted octanol–water partition coefficient (Wildman–Crippen LogP) is 4.29. The summed E-state index contributed by atoms with van der Waals surface area (Å²) >= 11 is 0. The van der Waals surface area contributed by atoms with Gasteiger partial charge in [0, 0.05) is 11.5 Å². The third-order valence-electron chi connectivity index (χ3n) is 5.10. The van der Waals surface area contributed by atoms with Crippen molar-refractivity contribution in [1.29, 1.82) is 0 Å². The molecule has 1 amide bonds. The first-order chi connectivity index (χ1) is 13.8. The molecule has 0 bridgehead atoms. The number of ether oxygens (including phenoxy) is 2. The van der Waals surface area contributed by atoms with Crippen LogP contribution >= 0.6 is 0 Å². The Kier molecular flexibility index (Phi) is 5.87. The first-order valence-electron chi connectivity index (χ1n) is 9.80. The van der Waals surface area contributed by atoms with Crippen LogP contribution < -0.4 is 10.1 Å². The first-order valence-corrected chi connectivity index (χ1v) is 9.80. The second-order valence-electron chi connectivity index (χ2n) is 7.27. The maximum atomic E-state index is 12.1. The molecule has 0 radical (unpaired) electrons. The highest BCUT2D eigenvalue weighted by molar-refractivity contribution is 6.00. The van der Waals surface area contributed by atoms with E-state index in [1.165, 1.54) is 25.7 Å². The molecule has 0 spiro atoms. The van der Waals surface area contributed by atoms with E-state index in [0.717, 1.165) is 28.8 Å². The zero-order chi connectivity index (χ0) is 19.2. The van der Waals surface area contributed by atoms with E-state index in [9.17, 15) is 4.79 Å². The normalized spacial score (nSPS) is 14.4. The third kappa shape index (κ3) is 4.70. The van der Waals surface area contributed by atoms with E-state index in [1.807, 2.05) is 48.5 Å². The second kappa shape index (κ2) is 8.89. The standard InChI is InChI=1S/C22H25N3O3/c26-21(15-27-13-16-6-2-1-3-7-16)23-22-19-11-10-18(12-20(19)24-25-22)28-14-17-8-4-5-9-17/h1-3,6-7,10-12,17H,4-5,8-9,13-15H2,(H2,23,24,25,26). The Morgan fingerprint density at radius 3 is 2.79 bits per heavy atom. The van der Waals surface area contributed by atoms with Crippen molar-refractivity contribution in [2.45, 2.75) is 32.3 Å². The number of rotatable bonds is 8. The number of amides is 1. The van der Waals surface area contributed by atoms with E-state index < -0.39 is 0 Å². The summed E-state index contributed by atoms with van der Waals surface area (Å²) in [5, 5.41) is 10.8. The Hall–Kier alpha value is -2.86. The van der Waals surface area contributed by atoms with Gasteiger partial charge in [0.05, 0.1) is 18.7 Å². The van der Waals surface area contributed by atoms with Gasteiger partial charge in [0.25, 0.3) is 5.91 Å². The van der Waals surface area contributed by atoms with Crippen molar-refractivity contribution in [3.63, 3.8) is 0 Å².